The molecule has 0 radical (unpaired) electrons. The molecule has 0 spiro atoms. The number of amides is 1. The van der Waals surface area contributed by atoms with Crippen molar-refractivity contribution in [3.63, 3.8) is 0 Å². The molecule has 2 aromatic heterocycles. The lowest BCUT2D eigenvalue weighted by Crippen LogP contribution is -2.17. The van der Waals surface area contributed by atoms with Crippen molar-refractivity contribution in [2.75, 3.05) is 0 Å². The molecule has 4 aromatic rings. The molecule has 2 aromatic carbocycles. The molecule has 1 N–H and O–H groups in total. The number of nitrogens with zero attached hydrogens (tertiary/aromatic N) is 6. The molecule has 0 fully saturated rings. The number of hydrazone groups is 1. The summed E-state index contributed by atoms with van der Waals surface area (Å²) in [5, 5.41) is 24.7. The van der Waals surface area contributed by atoms with E-state index < -0.39 is 10.8 Å². The Hall–Kier alpha value is -4.38. The number of nitrogens with one attached hydrogen (secondary N) is 1. The second-order valence-electron chi connectivity index (χ2n) is 6.94. The van der Waals surface area contributed by atoms with Crippen molar-refractivity contribution in [2.45, 2.75) is 23.5 Å². The maximum absolute atomic E-state index is 12.1. The SMILES string of the molecule is CCn1c(Sc2ccc(/C=N/NC(=O)c3ccncc3)cc2[N+](=O)[O-])nnc1-c1ccccc1. The van der Waals surface area contributed by atoms with Gasteiger partial charge in [0.1, 0.15) is 0 Å². The number of rotatable bonds is 8. The van der Waals surface area contributed by atoms with Crippen LogP contribution in [0, 0.1) is 10.1 Å². The van der Waals surface area contributed by atoms with Gasteiger partial charge >= 0.3 is 0 Å². The third-order valence-corrected chi connectivity index (χ3v) is 5.82. The van der Waals surface area contributed by atoms with Crippen molar-refractivity contribution in [2.24, 2.45) is 5.10 Å². The van der Waals surface area contributed by atoms with Crippen LogP contribution < -0.4 is 5.43 Å². The highest BCUT2D eigenvalue weighted by Gasteiger charge is 2.20. The lowest BCUT2D eigenvalue weighted by molar-refractivity contribution is -0.387. The van der Waals surface area contributed by atoms with Gasteiger partial charge in [0.05, 0.1) is 16.0 Å². The van der Waals surface area contributed by atoms with E-state index in [1.165, 1.54) is 36.4 Å². The molecule has 170 valence electrons. The molecule has 11 heteroatoms. The number of nitro benzene ring substituents is 1. The van der Waals surface area contributed by atoms with Gasteiger partial charge in [-0.2, -0.15) is 5.10 Å². The molecule has 0 aliphatic carbocycles. The van der Waals surface area contributed by atoms with Crippen LogP contribution in [0.3, 0.4) is 0 Å². The Kier molecular flexibility index (Phi) is 7.04. The Balaban J connectivity index is 1.54. The van der Waals surface area contributed by atoms with Crippen molar-refractivity contribution >= 4 is 29.6 Å². The van der Waals surface area contributed by atoms with Gasteiger partial charge in [-0.25, -0.2) is 5.43 Å². The van der Waals surface area contributed by atoms with E-state index in [9.17, 15) is 14.9 Å². The lowest BCUT2D eigenvalue weighted by atomic mass is 10.2. The summed E-state index contributed by atoms with van der Waals surface area (Å²) in [6, 6.07) is 17.5. The van der Waals surface area contributed by atoms with Gasteiger partial charge in [0.2, 0.25) is 0 Å². The molecule has 0 saturated heterocycles. The van der Waals surface area contributed by atoms with E-state index in [0.29, 0.717) is 33.5 Å². The first-order valence-electron chi connectivity index (χ1n) is 10.2. The van der Waals surface area contributed by atoms with Gasteiger partial charge in [-0.15, -0.1) is 10.2 Å². The van der Waals surface area contributed by atoms with Crippen LogP contribution in [-0.4, -0.2) is 36.8 Å². The van der Waals surface area contributed by atoms with E-state index in [2.05, 4.69) is 25.7 Å². The Morgan fingerprint density at radius 2 is 1.91 bits per heavy atom. The molecule has 10 nitrogen and oxygen atoms in total. The van der Waals surface area contributed by atoms with Gasteiger partial charge in [0.15, 0.2) is 11.0 Å². The number of hydrogen-bond donors (Lipinski definition) is 1. The molecular formula is C23H19N7O3S. The van der Waals surface area contributed by atoms with Crippen LogP contribution in [0.2, 0.25) is 0 Å². The van der Waals surface area contributed by atoms with E-state index in [1.807, 2.05) is 41.8 Å². The maximum Gasteiger partial charge on any atom is 0.283 e. The second-order valence-corrected chi connectivity index (χ2v) is 7.95. The predicted octanol–water partition coefficient (Wildman–Crippen LogP) is 4.18. The molecule has 1 amide bonds. The van der Waals surface area contributed by atoms with Crippen molar-refractivity contribution in [1.29, 1.82) is 0 Å². The smallest absolute Gasteiger partial charge is 0.283 e. The van der Waals surface area contributed by atoms with E-state index in [1.54, 1.807) is 24.3 Å². The molecule has 4 rings (SSSR count). The van der Waals surface area contributed by atoms with Crippen LogP contribution in [0.4, 0.5) is 5.69 Å². The quantitative estimate of drug-likeness (QED) is 0.231. The number of carbonyl (C=O) groups is 1. The minimum Gasteiger partial charge on any atom is -0.302 e. The van der Waals surface area contributed by atoms with Gasteiger partial charge in [0.25, 0.3) is 11.6 Å². The number of hydrogen-bond acceptors (Lipinski definition) is 8. The largest absolute Gasteiger partial charge is 0.302 e. The van der Waals surface area contributed by atoms with E-state index in [4.69, 9.17) is 0 Å². The molecule has 0 atom stereocenters. The summed E-state index contributed by atoms with van der Waals surface area (Å²) in [6.07, 6.45) is 4.35. The normalized spacial score (nSPS) is 11.0. The standard InChI is InChI=1S/C23H19N7O3S/c1-2-29-21(17-6-4-3-5-7-17)26-28-23(29)34-20-9-8-16(14-19(20)30(32)33)15-25-27-22(31)18-10-12-24-13-11-18/h3-15H,2H2,1H3,(H,27,31)/b25-15+. The fourth-order valence-electron chi connectivity index (χ4n) is 3.13. The molecule has 0 aliphatic rings. The van der Waals surface area contributed by atoms with Gasteiger partial charge in [-0.1, -0.05) is 36.4 Å². The number of benzene rings is 2. The molecule has 0 unspecified atom stereocenters. The van der Waals surface area contributed by atoms with Gasteiger partial charge in [-0.3, -0.25) is 19.9 Å². The molecular weight excluding hydrogens is 454 g/mol. The van der Waals surface area contributed by atoms with Crippen molar-refractivity contribution in [3.05, 3.63) is 94.3 Å². The van der Waals surface area contributed by atoms with Crippen LogP contribution in [0.1, 0.15) is 22.8 Å². The molecule has 34 heavy (non-hydrogen) atoms. The molecule has 0 bridgehead atoms. The highest BCUT2D eigenvalue weighted by molar-refractivity contribution is 7.99. The predicted molar refractivity (Wildman–Crippen MR) is 128 cm³/mol. The van der Waals surface area contributed by atoms with Crippen LogP contribution >= 0.6 is 11.8 Å². The topological polar surface area (TPSA) is 128 Å². The minimum absolute atomic E-state index is 0.0960. The molecule has 0 saturated carbocycles. The number of nitro groups is 1. The first kappa shape index (κ1) is 22.8. The van der Waals surface area contributed by atoms with Crippen LogP contribution in [0.15, 0.2) is 88.2 Å². The number of pyridine rings is 1. The van der Waals surface area contributed by atoms with Gasteiger partial charge in [-0.05, 0) is 36.9 Å². The van der Waals surface area contributed by atoms with E-state index >= 15 is 0 Å². The average molecular weight is 474 g/mol. The summed E-state index contributed by atoms with van der Waals surface area (Å²) in [7, 11) is 0. The third kappa shape index (κ3) is 5.15. The zero-order chi connectivity index (χ0) is 23.9. The highest BCUT2D eigenvalue weighted by atomic mass is 32.2. The summed E-state index contributed by atoms with van der Waals surface area (Å²) < 4.78 is 1.91. The fourth-order valence-corrected chi connectivity index (χ4v) is 4.10. The second kappa shape index (κ2) is 10.5. The van der Waals surface area contributed by atoms with Crippen molar-refractivity contribution in [3.8, 4) is 11.4 Å². The summed E-state index contributed by atoms with van der Waals surface area (Å²) in [5.74, 6) is 0.287. The Morgan fingerprint density at radius 1 is 1.15 bits per heavy atom. The molecule has 0 aliphatic heterocycles. The van der Waals surface area contributed by atoms with E-state index in [-0.39, 0.29) is 5.69 Å². The van der Waals surface area contributed by atoms with Gasteiger partial charge < -0.3 is 4.57 Å². The summed E-state index contributed by atoms with van der Waals surface area (Å²) >= 11 is 1.17. The van der Waals surface area contributed by atoms with Crippen LogP contribution in [-0.2, 0) is 6.54 Å². The zero-order valence-electron chi connectivity index (χ0n) is 18.0. The highest BCUT2D eigenvalue weighted by Crippen LogP contribution is 2.35. The first-order chi connectivity index (χ1) is 16.6. The molecule has 2 heterocycles. The van der Waals surface area contributed by atoms with Crippen LogP contribution in [0.25, 0.3) is 11.4 Å². The summed E-state index contributed by atoms with van der Waals surface area (Å²) in [5.41, 5.74) is 4.08. The van der Waals surface area contributed by atoms with Gasteiger partial charge in [0, 0.05) is 41.7 Å². The Morgan fingerprint density at radius 3 is 2.62 bits per heavy atom. The number of aromatic nitrogens is 4. The lowest BCUT2D eigenvalue weighted by Gasteiger charge is -2.08. The summed E-state index contributed by atoms with van der Waals surface area (Å²) in [6.45, 7) is 2.57. The maximum atomic E-state index is 12.1. The summed E-state index contributed by atoms with van der Waals surface area (Å²) in [4.78, 5) is 27.6. The van der Waals surface area contributed by atoms with Crippen molar-refractivity contribution < 1.29 is 9.72 Å². The third-order valence-electron chi connectivity index (χ3n) is 4.77. The number of carbonyl (C=O) groups excluding carboxylic acids is 1. The Labute approximate surface area is 198 Å². The fraction of sp³-hybridized carbons (Fsp3) is 0.0870. The average Bonchev–Trinajstić information content (AvgIpc) is 3.28. The monoisotopic (exact) mass is 473 g/mol. The van der Waals surface area contributed by atoms with Crippen molar-refractivity contribution in [1.82, 2.24) is 25.2 Å². The van der Waals surface area contributed by atoms with E-state index in [0.717, 1.165) is 5.56 Å². The zero-order valence-corrected chi connectivity index (χ0v) is 18.8. The Bertz CT molecular complexity index is 1340. The minimum atomic E-state index is -0.458. The van der Waals surface area contributed by atoms with Crippen LogP contribution in [0.5, 0.6) is 0 Å². The first-order valence-corrected chi connectivity index (χ1v) is 11.1.